The predicted octanol–water partition coefficient (Wildman–Crippen LogP) is 1.88. The highest BCUT2D eigenvalue weighted by atomic mass is 16.5. The predicted molar refractivity (Wildman–Crippen MR) is 58.1 cm³/mol. The molecule has 14 heavy (non-hydrogen) atoms. The van der Waals surface area contributed by atoms with E-state index in [4.69, 9.17) is 0 Å². The number of carbonyl (C=O) groups excluding carboxylic acids is 1. The molecule has 0 saturated heterocycles. The van der Waals surface area contributed by atoms with Crippen molar-refractivity contribution in [2.75, 3.05) is 13.7 Å². The van der Waals surface area contributed by atoms with Crippen molar-refractivity contribution in [2.24, 2.45) is 0 Å². The number of ether oxygens (including phenoxy) is 1. The maximum absolute atomic E-state index is 11.0. The fourth-order valence-corrected chi connectivity index (χ4v) is 0.850. The maximum atomic E-state index is 11.0. The summed E-state index contributed by atoms with van der Waals surface area (Å²) in [6.45, 7) is 8.85. The van der Waals surface area contributed by atoms with Gasteiger partial charge in [0.05, 0.1) is 7.11 Å². The van der Waals surface area contributed by atoms with Gasteiger partial charge in [0, 0.05) is 17.7 Å². The first kappa shape index (κ1) is 13.2. The van der Waals surface area contributed by atoms with Crippen LogP contribution in [0.4, 0.5) is 0 Å². The summed E-state index contributed by atoms with van der Waals surface area (Å²) in [5.41, 5.74) is 0.763. The van der Waals surface area contributed by atoms with Crippen molar-refractivity contribution in [3.05, 3.63) is 11.6 Å². The number of methoxy groups -OCH3 is 1. The van der Waals surface area contributed by atoms with Crippen LogP contribution in [0.25, 0.3) is 0 Å². The normalized spacial score (nSPS) is 12.8. The van der Waals surface area contributed by atoms with E-state index in [1.807, 2.05) is 6.08 Å². The second-order valence-electron chi connectivity index (χ2n) is 4.00. The first-order valence-electron chi connectivity index (χ1n) is 4.93. The zero-order valence-electron chi connectivity index (χ0n) is 9.81. The van der Waals surface area contributed by atoms with Crippen molar-refractivity contribution in [2.45, 2.75) is 39.7 Å². The van der Waals surface area contributed by atoms with Gasteiger partial charge in [0.25, 0.3) is 0 Å². The molecule has 1 N–H and O–H groups in total. The largest absolute Gasteiger partial charge is 0.466 e. The van der Waals surface area contributed by atoms with Crippen molar-refractivity contribution in [1.29, 1.82) is 0 Å². The van der Waals surface area contributed by atoms with Crippen LogP contribution in [0.3, 0.4) is 0 Å². The van der Waals surface area contributed by atoms with Crippen LogP contribution in [-0.4, -0.2) is 25.2 Å². The van der Waals surface area contributed by atoms with Gasteiger partial charge in [-0.05, 0) is 27.2 Å². The second-order valence-corrected chi connectivity index (χ2v) is 4.00. The Hall–Kier alpha value is -0.830. The van der Waals surface area contributed by atoms with Crippen molar-refractivity contribution in [3.63, 3.8) is 0 Å². The molecule has 0 radical (unpaired) electrons. The molecule has 0 unspecified atom stereocenters. The number of esters is 1. The van der Waals surface area contributed by atoms with Crippen molar-refractivity contribution >= 4 is 5.97 Å². The summed E-state index contributed by atoms with van der Waals surface area (Å²) >= 11 is 0. The van der Waals surface area contributed by atoms with Gasteiger partial charge in [-0.3, -0.25) is 0 Å². The zero-order valence-corrected chi connectivity index (χ0v) is 9.81. The van der Waals surface area contributed by atoms with E-state index in [1.54, 1.807) is 6.92 Å². The van der Waals surface area contributed by atoms with Gasteiger partial charge in [0.1, 0.15) is 0 Å². The van der Waals surface area contributed by atoms with Crippen molar-refractivity contribution in [1.82, 2.24) is 5.32 Å². The first-order valence-corrected chi connectivity index (χ1v) is 4.93. The number of rotatable bonds is 5. The summed E-state index contributed by atoms with van der Waals surface area (Å²) in [7, 11) is 1.39. The second kappa shape index (κ2) is 5.81. The van der Waals surface area contributed by atoms with E-state index in [2.05, 4.69) is 30.8 Å². The standard InChI is InChI=1S/C11H21NO2/c1-6-11(3,4)12-8-7-9(2)10(13)14-5/h7,12H,6,8H2,1-5H3/b9-7-. The van der Waals surface area contributed by atoms with Crippen LogP contribution >= 0.6 is 0 Å². The SMILES string of the molecule is CCC(C)(C)NC/C=C(/C)C(=O)OC. The molecule has 0 aromatic rings. The molecule has 0 aliphatic carbocycles. The monoisotopic (exact) mass is 199 g/mol. The third-order valence-electron chi connectivity index (χ3n) is 2.38. The Morgan fingerprint density at radius 2 is 2.07 bits per heavy atom. The first-order chi connectivity index (χ1) is 6.43. The average Bonchev–Trinajstić information content (AvgIpc) is 2.16. The van der Waals surface area contributed by atoms with Crippen LogP contribution in [0.5, 0.6) is 0 Å². The Bertz CT molecular complexity index is 219. The quantitative estimate of drug-likeness (QED) is 0.543. The summed E-state index contributed by atoms with van der Waals surface area (Å²) in [5.74, 6) is -0.263. The molecule has 0 aromatic heterocycles. The summed E-state index contributed by atoms with van der Waals surface area (Å²) in [6.07, 6.45) is 2.90. The lowest BCUT2D eigenvalue weighted by Crippen LogP contribution is -2.38. The maximum Gasteiger partial charge on any atom is 0.333 e. The molecule has 0 spiro atoms. The van der Waals surface area contributed by atoms with Gasteiger partial charge in [-0.15, -0.1) is 0 Å². The summed E-state index contributed by atoms with van der Waals surface area (Å²) < 4.78 is 4.59. The lowest BCUT2D eigenvalue weighted by atomic mass is 10.0. The molecule has 0 heterocycles. The minimum atomic E-state index is -0.263. The Morgan fingerprint density at radius 1 is 1.50 bits per heavy atom. The van der Waals surface area contributed by atoms with E-state index in [1.165, 1.54) is 7.11 Å². The number of hydrogen-bond donors (Lipinski definition) is 1. The lowest BCUT2D eigenvalue weighted by molar-refractivity contribution is -0.136. The number of hydrogen-bond acceptors (Lipinski definition) is 3. The van der Waals surface area contributed by atoms with E-state index in [-0.39, 0.29) is 11.5 Å². The Kier molecular flexibility index (Phi) is 5.46. The molecular formula is C11H21NO2. The van der Waals surface area contributed by atoms with Crippen molar-refractivity contribution in [3.8, 4) is 0 Å². The molecule has 0 saturated carbocycles. The van der Waals surface area contributed by atoms with Crippen LogP contribution < -0.4 is 5.32 Å². The molecule has 82 valence electrons. The van der Waals surface area contributed by atoms with E-state index >= 15 is 0 Å². The molecule has 3 heteroatoms. The fourth-order valence-electron chi connectivity index (χ4n) is 0.850. The molecular weight excluding hydrogens is 178 g/mol. The average molecular weight is 199 g/mol. The van der Waals surface area contributed by atoms with E-state index in [0.717, 1.165) is 6.42 Å². The Balaban J connectivity index is 3.99. The molecule has 0 atom stereocenters. The minimum Gasteiger partial charge on any atom is -0.466 e. The summed E-state index contributed by atoms with van der Waals surface area (Å²) in [5, 5.41) is 3.33. The van der Waals surface area contributed by atoms with Gasteiger partial charge in [0.2, 0.25) is 0 Å². The van der Waals surface area contributed by atoms with Gasteiger partial charge >= 0.3 is 5.97 Å². The Morgan fingerprint density at radius 3 is 2.50 bits per heavy atom. The van der Waals surface area contributed by atoms with Crippen LogP contribution in [0.15, 0.2) is 11.6 Å². The van der Waals surface area contributed by atoms with Crippen LogP contribution in [0.1, 0.15) is 34.1 Å². The van der Waals surface area contributed by atoms with E-state index < -0.39 is 0 Å². The molecule has 0 aromatic carbocycles. The third kappa shape index (κ3) is 5.02. The zero-order chi connectivity index (χ0) is 11.2. The molecule has 0 aliphatic rings. The lowest BCUT2D eigenvalue weighted by Gasteiger charge is -2.23. The van der Waals surface area contributed by atoms with E-state index in [0.29, 0.717) is 12.1 Å². The Labute approximate surface area is 86.5 Å². The molecule has 3 nitrogen and oxygen atoms in total. The number of nitrogens with one attached hydrogen (secondary N) is 1. The highest BCUT2D eigenvalue weighted by Crippen LogP contribution is 2.06. The third-order valence-corrected chi connectivity index (χ3v) is 2.38. The summed E-state index contributed by atoms with van der Waals surface area (Å²) in [6, 6.07) is 0. The van der Waals surface area contributed by atoms with Gasteiger partial charge in [-0.25, -0.2) is 4.79 Å². The van der Waals surface area contributed by atoms with Crippen LogP contribution in [0.2, 0.25) is 0 Å². The summed E-state index contributed by atoms with van der Waals surface area (Å²) in [4.78, 5) is 11.0. The van der Waals surface area contributed by atoms with Crippen LogP contribution in [0, 0.1) is 0 Å². The molecule has 0 rings (SSSR count). The highest BCUT2D eigenvalue weighted by Gasteiger charge is 2.12. The van der Waals surface area contributed by atoms with Gasteiger partial charge in [-0.2, -0.15) is 0 Å². The van der Waals surface area contributed by atoms with Crippen molar-refractivity contribution < 1.29 is 9.53 Å². The smallest absolute Gasteiger partial charge is 0.333 e. The number of carbonyl (C=O) groups is 1. The van der Waals surface area contributed by atoms with Gasteiger partial charge in [-0.1, -0.05) is 13.0 Å². The van der Waals surface area contributed by atoms with E-state index in [9.17, 15) is 4.79 Å². The molecule has 0 fully saturated rings. The van der Waals surface area contributed by atoms with Gasteiger partial charge < -0.3 is 10.1 Å². The fraction of sp³-hybridized carbons (Fsp3) is 0.727. The highest BCUT2D eigenvalue weighted by molar-refractivity contribution is 5.87. The molecule has 0 bridgehead atoms. The van der Waals surface area contributed by atoms with Crippen LogP contribution in [-0.2, 0) is 9.53 Å². The minimum absolute atomic E-state index is 0.118. The molecule has 0 aliphatic heterocycles. The topological polar surface area (TPSA) is 38.3 Å². The van der Waals surface area contributed by atoms with Gasteiger partial charge in [0.15, 0.2) is 0 Å². The molecule has 0 amide bonds.